The van der Waals surface area contributed by atoms with Crippen molar-refractivity contribution in [2.75, 3.05) is 0 Å². The topological polar surface area (TPSA) is 34.1 Å². The van der Waals surface area contributed by atoms with Crippen LogP contribution in [0, 0.1) is 0 Å². The van der Waals surface area contributed by atoms with E-state index in [1.807, 2.05) is 182 Å². The fourth-order valence-electron chi connectivity index (χ4n) is 6.70. The maximum Gasteiger partial charge on any atom is 0.152 e. The number of benzene rings is 6. The summed E-state index contributed by atoms with van der Waals surface area (Å²) >= 11 is 0. The van der Waals surface area contributed by atoms with E-state index in [0.29, 0.717) is 0 Å². The summed E-state index contributed by atoms with van der Waals surface area (Å²) in [4.78, 5) is 29.9. The largest absolute Gasteiger partial charge is 0.298 e. The zero-order chi connectivity index (χ0) is 30.2. The fourth-order valence-corrected chi connectivity index (χ4v) is 6.70. The highest BCUT2D eigenvalue weighted by atomic mass is 16.1. The molecule has 0 aliphatic carbocycles. The summed E-state index contributed by atoms with van der Waals surface area (Å²) in [5.74, 6) is -0.0323. The van der Waals surface area contributed by atoms with Crippen LogP contribution < -0.4 is 0 Å². The quantitative estimate of drug-likeness (QED) is 0.146. The number of Topliss-reactive ketones (excluding diaryl/α,β-unsaturated/α-hetero) is 2. The lowest BCUT2D eigenvalue weighted by Crippen LogP contribution is -2.41. The van der Waals surface area contributed by atoms with Crippen LogP contribution >= 0.6 is 0 Å². The van der Waals surface area contributed by atoms with Gasteiger partial charge >= 0.3 is 0 Å². The van der Waals surface area contributed by atoms with E-state index in [-0.39, 0.29) is 24.4 Å². The Kier molecular flexibility index (Phi) is 8.43. The molecule has 6 aromatic rings. The predicted molar refractivity (Wildman–Crippen MR) is 178 cm³/mol. The van der Waals surface area contributed by atoms with Crippen LogP contribution in [0.2, 0.25) is 0 Å². The van der Waals surface area contributed by atoms with Crippen molar-refractivity contribution in [1.82, 2.24) is 0 Å². The van der Waals surface area contributed by atoms with Gasteiger partial charge in [0.25, 0.3) is 0 Å². The molecule has 6 aromatic carbocycles. The highest BCUT2D eigenvalue weighted by Gasteiger charge is 2.46. The second-order valence-corrected chi connectivity index (χ2v) is 11.0. The van der Waals surface area contributed by atoms with Gasteiger partial charge in [-0.05, 0) is 33.4 Å². The Morgan fingerprint density at radius 3 is 0.614 bits per heavy atom. The normalized spacial score (nSPS) is 11.5. The first-order valence-electron chi connectivity index (χ1n) is 15.1. The number of hydrogen-bond acceptors (Lipinski definition) is 2. The Hall–Kier alpha value is -5.34. The summed E-state index contributed by atoms with van der Waals surface area (Å²) in [6.45, 7) is 0. The summed E-state index contributed by atoms with van der Waals surface area (Å²) in [6, 6.07) is 59.6. The van der Waals surface area contributed by atoms with Crippen molar-refractivity contribution < 1.29 is 9.59 Å². The Morgan fingerprint density at radius 1 is 0.295 bits per heavy atom. The molecule has 0 atom stereocenters. The van der Waals surface area contributed by atoms with Crippen LogP contribution in [0.3, 0.4) is 0 Å². The lowest BCUT2D eigenvalue weighted by atomic mass is 9.63. The van der Waals surface area contributed by atoms with Gasteiger partial charge in [0.05, 0.1) is 0 Å². The summed E-state index contributed by atoms with van der Waals surface area (Å²) in [7, 11) is 0. The van der Waals surface area contributed by atoms with E-state index in [1.165, 1.54) is 0 Å². The first-order valence-corrected chi connectivity index (χ1v) is 15.1. The van der Waals surface area contributed by atoms with Crippen molar-refractivity contribution in [2.24, 2.45) is 0 Å². The monoisotopic (exact) mass is 570 g/mol. The molecule has 0 amide bonds. The van der Waals surface area contributed by atoms with E-state index in [2.05, 4.69) is 0 Å². The third-order valence-electron chi connectivity index (χ3n) is 8.66. The minimum absolute atomic E-state index is 0.0162. The predicted octanol–water partition coefficient (Wildman–Crippen LogP) is 8.97. The van der Waals surface area contributed by atoms with Crippen LogP contribution in [0.15, 0.2) is 182 Å². The van der Waals surface area contributed by atoms with Crippen LogP contribution in [-0.4, -0.2) is 11.6 Å². The van der Waals surface area contributed by atoms with Crippen LogP contribution in [0.25, 0.3) is 0 Å². The summed E-state index contributed by atoms with van der Waals surface area (Å²) < 4.78 is 0. The van der Waals surface area contributed by atoms with Gasteiger partial charge in [-0.1, -0.05) is 182 Å². The number of carbonyl (C=O) groups is 2. The molecular formula is C42H34O2. The molecule has 44 heavy (non-hydrogen) atoms. The van der Waals surface area contributed by atoms with Crippen molar-refractivity contribution in [1.29, 1.82) is 0 Å². The molecule has 0 bridgehead atoms. The molecule has 0 spiro atoms. The van der Waals surface area contributed by atoms with Crippen molar-refractivity contribution in [3.05, 3.63) is 215 Å². The first-order chi connectivity index (χ1) is 21.7. The SMILES string of the molecule is O=C(CCC(=O)C(c1ccccc1)(c1ccccc1)c1ccccc1)C(c1ccccc1)(c1ccccc1)c1ccccc1. The first kappa shape index (κ1) is 28.8. The van der Waals surface area contributed by atoms with Gasteiger partial charge in [0.15, 0.2) is 11.6 Å². The maximum absolute atomic E-state index is 15.0. The molecular weight excluding hydrogens is 536 g/mol. The van der Waals surface area contributed by atoms with E-state index in [0.717, 1.165) is 33.4 Å². The highest BCUT2D eigenvalue weighted by Crippen LogP contribution is 2.44. The van der Waals surface area contributed by atoms with Crippen molar-refractivity contribution in [2.45, 2.75) is 23.7 Å². The van der Waals surface area contributed by atoms with Crippen LogP contribution in [0.1, 0.15) is 46.2 Å². The zero-order valence-electron chi connectivity index (χ0n) is 24.6. The number of hydrogen-bond donors (Lipinski definition) is 0. The lowest BCUT2D eigenvalue weighted by molar-refractivity contribution is -0.127. The van der Waals surface area contributed by atoms with Gasteiger partial charge in [-0.3, -0.25) is 9.59 Å². The van der Waals surface area contributed by atoms with Gasteiger partial charge in [0, 0.05) is 12.8 Å². The molecule has 0 N–H and O–H groups in total. The second-order valence-electron chi connectivity index (χ2n) is 11.0. The van der Waals surface area contributed by atoms with Crippen LogP contribution in [-0.2, 0) is 20.4 Å². The molecule has 0 unspecified atom stereocenters. The molecule has 0 heterocycles. The number of rotatable bonds is 11. The molecule has 2 nitrogen and oxygen atoms in total. The molecule has 0 saturated heterocycles. The van der Waals surface area contributed by atoms with E-state index in [9.17, 15) is 9.59 Å². The Morgan fingerprint density at radius 2 is 0.455 bits per heavy atom. The number of ketones is 2. The Labute approximate surface area is 259 Å². The van der Waals surface area contributed by atoms with Gasteiger partial charge in [-0.25, -0.2) is 0 Å². The van der Waals surface area contributed by atoms with E-state index < -0.39 is 10.8 Å². The smallest absolute Gasteiger partial charge is 0.152 e. The maximum atomic E-state index is 15.0. The van der Waals surface area contributed by atoms with Gasteiger partial charge < -0.3 is 0 Å². The molecule has 0 radical (unpaired) electrons. The molecule has 0 aliphatic heterocycles. The Balaban J connectivity index is 1.49. The molecule has 0 aliphatic rings. The molecule has 2 heteroatoms. The van der Waals surface area contributed by atoms with Crippen molar-refractivity contribution >= 4 is 11.6 Å². The third-order valence-corrected chi connectivity index (χ3v) is 8.66. The molecule has 0 saturated carbocycles. The van der Waals surface area contributed by atoms with Gasteiger partial charge in [0.1, 0.15) is 10.8 Å². The highest BCUT2D eigenvalue weighted by molar-refractivity contribution is 6.03. The van der Waals surface area contributed by atoms with Crippen LogP contribution in [0.4, 0.5) is 0 Å². The fraction of sp³-hybridized carbons (Fsp3) is 0.0952. The average Bonchev–Trinajstić information content (AvgIpc) is 3.11. The number of carbonyl (C=O) groups excluding carboxylic acids is 2. The van der Waals surface area contributed by atoms with Crippen molar-refractivity contribution in [3.63, 3.8) is 0 Å². The molecule has 0 fully saturated rings. The molecule has 0 aromatic heterocycles. The standard InChI is InChI=1S/C42H34O2/c43-39(41(33-19-7-1-8-20-33,34-21-9-2-10-22-34)35-23-11-3-12-24-35)31-32-40(44)42(36-25-13-4-14-26-36,37-27-15-5-16-28-37)38-29-17-6-18-30-38/h1-30H,31-32H2. The minimum atomic E-state index is -1.07. The van der Waals surface area contributed by atoms with Gasteiger partial charge in [0.2, 0.25) is 0 Å². The van der Waals surface area contributed by atoms with Gasteiger partial charge in [-0.15, -0.1) is 0 Å². The van der Waals surface area contributed by atoms with Crippen molar-refractivity contribution in [3.8, 4) is 0 Å². The molecule has 6 rings (SSSR count). The second kappa shape index (κ2) is 12.9. The lowest BCUT2D eigenvalue weighted by Gasteiger charge is -2.36. The summed E-state index contributed by atoms with van der Waals surface area (Å²) in [5, 5.41) is 0. The summed E-state index contributed by atoms with van der Waals surface area (Å²) in [6.07, 6.45) is 0.150. The van der Waals surface area contributed by atoms with E-state index in [4.69, 9.17) is 0 Å². The third kappa shape index (κ3) is 5.09. The molecule has 214 valence electrons. The minimum Gasteiger partial charge on any atom is -0.298 e. The van der Waals surface area contributed by atoms with Crippen LogP contribution in [0.5, 0.6) is 0 Å². The summed E-state index contributed by atoms with van der Waals surface area (Å²) in [5.41, 5.74) is 3.17. The Bertz CT molecular complexity index is 1470. The van der Waals surface area contributed by atoms with E-state index >= 15 is 0 Å². The average molecular weight is 571 g/mol. The van der Waals surface area contributed by atoms with Gasteiger partial charge in [-0.2, -0.15) is 0 Å². The van der Waals surface area contributed by atoms with E-state index in [1.54, 1.807) is 0 Å². The zero-order valence-corrected chi connectivity index (χ0v) is 24.6.